The van der Waals surface area contributed by atoms with Crippen molar-refractivity contribution in [2.75, 3.05) is 40.3 Å². The normalized spacial score (nSPS) is 27.9. The van der Waals surface area contributed by atoms with E-state index in [9.17, 15) is 9.59 Å². The van der Waals surface area contributed by atoms with E-state index in [1.807, 2.05) is 24.1 Å². The van der Waals surface area contributed by atoms with Crippen LogP contribution in [0.4, 0.5) is 0 Å². The number of rotatable bonds is 5. The number of nitrogens with zero attached hydrogens (tertiary/aromatic N) is 2. The smallest absolute Gasteiger partial charge is 0.339 e. The van der Waals surface area contributed by atoms with Gasteiger partial charge in [0.05, 0.1) is 12.7 Å². The van der Waals surface area contributed by atoms with Gasteiger partial charge in [0.2, 0.25) is 5.91 Å². The molecule has 1 aromatic carbocycles. The number of methoxy groups -OCH3 is 1. The minimum Gasteiger partial charge on any atom is -0.497 e. The third-order valence-electron chi connectivity index (χ3n) is 7.24. The summed E-state index contributed by atoms with van der Waals surface area (Å²) in [7, 11) is 3.52. The van der Waals surface area contributed by atoms with E-state index in [-0.39, 0.29) is 30.2 Å². The molecule has 1 spiro atoms. The van der Waals surface area contributed by atoms with Gasteiger partial charge in [0.1, 0.15) is 11.4 Å². The fourth-order valence-electron chi connectivity index (χ4n) is 5.41. The molecule has 1 amide bonds. The van der Waals surface area contributed by atoms with Crippen molar-refractivity contribution in [2.45, 2.75) is 51.0 Å². The molecule has 1 aromatic rings. The zero-order chi connectivity index (χ0) is 21.3. The van der Waals surface area contributed by atoms with Gasteiger partial charge < -0.3 is 19.3 Å². The van der Waals surface area contributed by atoms with E-state index in [0.29, 0.717) is 24.2 Å². The van der Waals surface area contributed by atoms with Gasteiger partial charge in [0.15, 0.2) is 0 Å². The van der Waals surface area contributed by atoms with E-state index in [4.69, 9.17) is 9.47 Å². The molecule has 1 atom stereocenters. The monoisotopic (exact) mass is 450 g/mol. The number of amides is 1. The van der Waals surface area contributed by atoms with Gasteiger partial charge in [0, 0.05) is 38.2 Å². The van der Waals surface area contributed by atoms with Gasteiger partial charge in [-0.3, -0.25) is 4.79 Å². The van der Waals surface area contributed by atoms with Crippen LogP contribution in [0.2, 0.25) is 0 Å². The van der Waals surface area contributed by atoms with Crippen LogP contribution in [0.5, 0.6) is 5.75 Å². The van der Waals surface area contributed by atoms with Gasteiger partial charge in [-0.05, 0) is 63.1 Å². The highest BCUT2D eigenvalue weighted by atomic mass is 35.5. The number of likely N-dealkylation sites (tertiary alicyclic amines) is 1. The molecular weight excluding hydrogens is 416 g/mol. The van der Waals surface area contributed by atoms with Crippen molar-refractivity contribution in [3.8, 4) is 5.75 Å². The van der Waals surface area contributed by atoms with Crippen LogP contribution < -0.4 is 4.74 Å². The lowest BCUT2D eigenvalue weighted by Crippen LogP contribution is -2.43. The van der Waals surface area contributed by atoms with Crippen molar-refractivity contribution in [3.63, 3.8) is 0 Å². The largest absolute Gasteiger partial charge is 0.497 e. The third-order valence-corrected chi connectivity index (χ3v) is 7.24. The van der Waals surface area contributed by atoms with Gasteiger partial charge >= 0.3 is 5.97 Å². The number of likely N-dealkylation sites (N-methyl/N-ethyl adjacent to an activating group) is 1. The van der Waals surface area contributed by atoms with Crippen LogP contribution in [-0.4, -0.2) is 62.0 Å². The van der Waals surface area contributed by atoms with Crippen LogP contribution in [0.15, 0.2) is 18.2 Å². The highest BCUT2D eigenvalue weighted by Gasteiger charge is 2.48. The second-order valence-corrected chi connectivity index (χ2v) is 9.38. The molecule has 31 heavy (non-hydrogen) atoms. The maximum Gasteiger partial charge on any atom is 0.339 e. The van der Waals surface area contributed by atoms with E-state index in [1.54, 1.807) is 13.2 Å². The average Bonchev–Trinajstić information content (AvgIpc) is 3.02. The first-order valence-electron chi connectivity index (χ1n) is 11.3. The predicted octanol–water partition coefficient (Wildman–Crippen LogP) is 3.86. The minimum absolute atomic E-state index is 0. The van der Waals surface area contributed by atoms with Crippen molar-refractivity contribution in [3.05, 3.63) is 29.3 Å². The average molecular weight is 451 g/mol. The maximum atomic E-state index is 13.0. The Hall–Kier alpha value is -1.79. The summed E-state index contributed by atoms with van der Waals surface area (Å²) >= 11 is 0. The van der Waals surface area contributed by atoms with Crippen LogP contribution in [0.25, 0.3) is 0 Å². The topological polar surface area (TPSA) is 59.1 Å². The SMILES string of the molecule is COc1ccc2c(c1)C(=O)OC21CCC(C(=O)N(C)CCN2CCC[C@H](C)C2)CC1.Cl. The fourth-order valence-corrected chi connectivity index (χ4v) is 5.41. The number of piperidine rings is 1. The first-order chi connectivity index (χ1) is 14.4. The molecule has 0 bridgehead atoms. The van der Waals surface area contributed by atoms with Gasteiger partial charge in [-0.25, -0.2) is 4.79 Å². The number of carbonyl (C=O) groups excluding carboxylic acids is 2. The van der Waals surface area contributed by atoms with E-state index in [1.165, 1.54) is 12.8 Å². The Kier molecular flexibility index (Phi) is 7.53. The summed E-state index contributed by atoms with van der Waals surface area (Å²) in [6, 6.07) is 5.60. The minimum atomic E-state index is -0.571. The second kappa shape index (κ2) is 9.78. The Balaban J connectivity index is 0.00000272. The molecule has 6 nitrogen and oxygen atoms in total. The number of fused-ring (bicyclic) bond motifs is 2. The molecule has 0 N–H and O–H groups in total. The molecule has 0 radical (unpaired) electrons. The summed E-state index contributed by atoms with van der Waals surface area (Å²) in [6.45, 7) is 6.33. The van der Waals surface area contributed by atoms with Crippen molar-refractivity contribution in [2.24, 2.45) is 11.8 Å². The number of hydrogen-bond acceptors (Lipinski definition) is 5. The van der Waals surface area contributed by atoms with Gasteiger partial charge in [-0.2, -0.15) is 0 Å². The van der Waals surface area contributed by atoms with Crippen LogP contribution in [0, 0.1) is 11.8 Å². The molecule has 0 unspecified atom stereocenters. The van der Waals surface area contributed by atoms with E-state index in [0.717, 1.165) is 50.5 Å². The zero-order valence-corrected chi connectivity index (χ0v) is 19.7. The highest BCUT2D eigenvalue weighted by molar-refractivity contribution is 5.95. The Bertz CT molecular complexity index is 807. The number of ether oxygens (including phenoxy) is 2. The number of hydrogen-bond donors (Lipinski definition) is 0. The summed E-state index contributed by atoms with van der Waals surface area (Å²) in [5.74, 6) is 1.39. The maximum absolute atomic E-state index is 13.0. The van der Waals surface area contributed by atoms with Crippen molar-refractivity contribution >= 4 is 24.3 Å². The first kappa shape index (κ1) is 23.9. The summed E-state index contributed by atoms with van der Waals surface area (Å²) in [5.41, 5.74) is 0.983. The summed E-state index contributed by atoms with van der Waals surface area (Å²) in [4.78, 5) is 29.8. The number of benzene rings is 1. The van der Waals surface area contributed by atoms with Crippen LogP contribution in [0.3, 0.4) is 0 Å². The van der Waals surface area contributed by atoms with E-state index in [2.05, 4.69) is 11.8 Å². The Morgan fingerprint density at radius 2 is 2.03 bits per heavy atom. The lowest BCUT2D eigenvalue weighted by atomic mass is 9.74. The molecule has 4 rings (SSSR count). The quantitative estimate of drug-likeness (QED) is 0.637. The molecule has 1 saturated heterocycles. The summed E-state index contributed by atoms with van der Waals surface area (Å²) in [5, 5.41) is 0. The lowest BCUT2D eigenvalue weighted by molar-refractivity contribution is -0.137. The molecule has 1 aliphatic carbocycles. The Morgan fingerprint density at radius 3 is 2.71 bits per heavy atom. The van der Waals surface area contributed by atoms with E-state index < -0.39 is 5.60 Å². The second-order valence-electron chi connectivity index (χ2n) is 9.38. The number of halogens is 1. The molecule has 7 heteroatoms. The highest BCUT2D eigenvalue weighted by Crippen LogP contribution is 2.49. The first-order valence-corrected chi connectivity index (χ1v) is 11.3. The predicted molar refractivity (Wildman–Crippen MR) is 122 cm³/mol. The summed E-state index contributed by atoms with van der Waals surface area (Å²) in [6.07, 6.45) is 5.48. The summed E-state index contributed by atoms with van der Waals surface area (Å²) < 4.78 is 11.1. The number of carbonyl (C=O) groups is 2. The van der Waals surface area contributed by atoms with Crippen molar-refractivity contribution in [1.29, 1.82) is 0 Å². The molecule has 0 aromatic heterocycles. The molecule has 2 fully saturated rings. The van der Waals surface area contributed by atoms with Gasteiger partial charge in [0.25, 0.3) is 0 Å². The molecular formula is C24H35ClN2O4. The molecule has 172 valence electrons. The van der Waals surface area contributed by atoms with Crippen LogP contribution >= 0.6 is 12.4 Å². The van der Waals surface area contributed by atoms with Crippen molar-refractivity contribution in [1.82, 2.24) is 9.80 Å². The number of esters is 1. The molecule has 2 heterocycles. The third kappa shape index (κ3) is 4.85. The Labute approximate surface area is 191 Å². The Morgan fingerprint density at radius 1 is 1.29 bits per heavy atom. The zero-order valence-electron chi connectivity index (χ0n) is 18.9. The van der Waals surface area contributed by atoms with Crippen LogP contribution in [0.1, 0.15) is 61.4 Å². The van der Waals surface area contributed by atoms with Crippen LogP contribution in [-0.2, 0) is 15.1 Å². The van der Waals surface area contributed by atoms with E-state index >= 15 is 0 Å². The molecule has 3 aliphatic rings. The van der Waals surface area contributed by atoms with Gasteiger partial charge in [-0.1, -0.05) is 13.0 Å². The molecule has 2 aliphatic heterocycles. The standard InChI is InChI=1S/C24H34N2O4.ClH/c1-17-5-4-12-26(16-17)14-13-25(2)22(27)18-8-10-24(11-9-18)21-7-6-19(29-3)15-20(21)23(28)30-24;/h6-7,15,17-18H,4-5,8-14,16H2,1-3H3;1H/t17-,18?,24?;/m0./s1. The lowest BCUT2D eigenvalue weighted by Gasteiger charge is -2.37. The fraction of sp³-hybridized carbons (Fsp3) is 0.667. The van der Waals surface area contributed by atoms with Crippen molar-refractivity contribution < 1.29 is 19.1 Å². The molecule has 1 saturated carbocycles. The van der Waals surface area contributed by atoms with Gasteiger partial charge in [-0.15, -0.1) is 12.4 Å².